The summed E-state index contributed by atoms with van der Waals surface area (Å²) in [6, 6.07) is 21.1. The first-order chi connectivity index (χ1) is 16.1. The van der Waals surface area contributed by atoms with Crippen LogP contribution in [0.5, 0.6) is 11.6 Å². The average molecular weight is 445 g/mol. The van der Waals surface area contributed by atoms with Crippen molar-refractivity contribution in [1.82, 2.24) is 20.1 Å². The Labute approximate surface area is 192 Å². The standard InChI is InChI=1S/C26H25FN4O2/c1-2-24-23(15-16-25(32)29-18-20-8-6-7-17-28-20)26(33-22-13-11-19(27)12-14-22)31(30-24)21-9-4-3-5-10-21/h3-14,17H,2,15-16,18H2,1H3,(H,29,32). The number of rotatable bonds is 9. The maximum Gasteiger partial charge on any atom is 0.226 e. The highest BCUT2D eigenvalue weighted by Gasteiger charge is 2.21. The first-order valence-corrected chi connectivity index (χ1v) is 10.9. The zero-order chi connectivity index (χ0) is 23.0. The van der Waals surface area contributed by atoms with Gasteiger partial charge in [-0.25, -0.2) is 9.07 Å². The minimum absolute atomic E-state index is 0.0806. The molecule has 2 aromatic carbocycles. The molecule has 0 radical (unpaired) electrons. The number of halogens is 1. The zero-order valence-electron chi connectivity index (χ0n) is 18.4. The predicted molar refractivity (Wildman–Crippen MR) is 124 cm³/mol. The second-order valence-electron chi connectivity index (χ2n) is 7.49. The van der Waals surface area contributed by atoms with Crippen LogP contribution < -0.4 is 10.1 Å². The summed E-state index contributed by atoms with van der Waals surface area (Å²) in [5, 5.41) is 7.67. The molecule has 0 aliphatic carbocycles. The van der Waals surface area contributed by atoms with E-state index in [4.69, 9.17) is 9.84 Å². The molecule has 2 aromatic heterocycles. The van der Waals surface area contributed by atoms with Crippen molar-refractivity contribution in [2.75, 3.05) is 0 Å². The van der Waals surface area contributed by atoms with Gasteiger partial charge in [-0.1, -0.05) is 31.2 Å². The van der Waals surface area contributed by atoms with Crippen LogP contribution in [0.15, 0.2) is 79.0 Å². The van der Waals surface area contributed by atoms with E-state index in [1.165, 1.54) is 12.1 Å². The minimum atomic E-state index is -0.335. The number of amides is 1. The van der Waals surface area contributed by atoms with Crippen LogP contribution in [0.4, 0.5) is 4.39 Å². The zero-order valence-corrected chi connectivity index (χ0v) is 18.4. The van der Waals surface area contributed by atoms with E-state index in [9.17, 15) is 9.18 Å². The van der Waals surface area contributed by atoms with Crippen molar-refractivity contribution in [2.45, 2.75) is 32.7 Å². The number of hydrogen-bond donors (Lipinski definition) is 1. The van der Waals surface area contributed by atoms with Gasteiger partial charge in [0.2, 0.25) is 11.8 Å². The van der Waals surface area contributed by atoms with Crippen LogP contribution in [-0.2, 0) is 24.2 Å². The molecule has 0 fully saturated rings. The monoisotopic (exact) mass is 444 g/mol. The fraction of sp³-hybridized carbons (Fsp3) is 0.192. The number of pyridine rings is 1. The minimum Gasteiger partial charge on any atom is -0.439 e. The molecule has 0 atom stereocenters. The van der Waals surface area contributed by atoms with E-state index in [1.54, 1.807) is 23.0 Å². The molecule has 6 nitrogen and oxygen atoms in total. The molecule has 0 bridgehead atoms. The molecule has 4 rings (SSSR count). The highest BCUT2D eigenvalue weighted by atomic mass is 19.1. The van der Waals surface area contributed by atoms with Crippen LogP contribution in [0.3, 0.4) is 0 Å². The number of benzene rings is 2. The summed E-state index contributed by atoms with van der Waals surface area (Å²) < 4.78 is 21.3. The lowest BCUT2D eigenvalue weighted by Crippen LogP contribution is -2.23. The van der Waals surface area contributed by atoms with Gasteiger partial charge in [-0.3, -0.25) is 9.78 Å². The summed E-state index contributed by atoms with van der Waals surface area (Å²) in [5.74, 6) is 0.611. The Hall–Kier alpha value is -4.00. The molecule has 168 valence electrons. The molecule has 0 unspecified atom stereocenters. The number of nitrogens with zero attached hydrogens (tertiary/aromatic N) is 3. The van der Waals surface area contributed by atoms with Gasteiger partial charge in [0.1, 0.15) is 11.6 Å². The van der Waals surface area contributed by atoms with E-state index in [0.29, 0.717) is 31.0 Å². The lowest BCUT2D eigenvalue weighted by Gasteiger charge is -2.12. The number of carbonyl (C=O) groups excluding carboxylic acids is 1. The van der Waals surface area contributed by atoms with Crippen LogP contribution >= 0.6 is 0 Å². The third-order valence-electron chi connectivity index (χ3n) is 5.18. The van der Waals surface area contributed by atoms with Crippen LogP contribution in [0, 0.1) is 5.82 Å². The number of aryl methyl sites for hydroxylation is 1. The highest BCUT2D eigenvalue weighted by Crippen LogP contribution is 2.32. The SMILES string of the molecule is CCc1nn(-c2ccccc2)c(Oc2ccc(F)cc2)c1CCC(=O)NCc1ccccn1. The lowest BCUT2D eigenvalue weighted by atomic mass is 10.1. The summed E-state index contributed by atoms with van der Waals surface area (Å²) in [6.45, 7) is 2.40. The lowest BCUT2D eigenvalue weighted by molar-refractivity contribution is -0.121. The van der Waals surface area contributed by atoms with Crippen LogP contribution in [0.25, 0.3) is 5.69 Å². The predicted octanol–water partition coefficient (Wildman–Crippen LogP) is 5.01. The van der Waals surface area contributed by atoms with Gasteiger partial charge in [0.15, 0.2) is 0 Å². The number of nitrogens with one attached hydrogen (secondary N) is 1. The van der Waals surface area contributed by atoms with Crippen molar-refractivity contribution >= 4 is 5.91 Å². The Morgan fingerprint density at radius 3 is 2.48 bits per heavy atom. The summed E-state index contributed by atoms with van der Waals surface area (Å²) in [5.41, 5.74) is 3.36. The van der Waals surface area contributed by atoms with Gasteiger partial charge < -0.3 is 10.1 Å². The van der Waals surface area contributed by atoms with Crippen molar-refractivity contribution in [3.63, 3.8) is 0 Å². The molecule has 1 N–H and O–H groups in total. The maximum absolute atomic E-state index is 13.4. The van der Waals surface area contributed by atoms with E-state index in [-0.39, 0.29) is 18.1 Å². The normalized spacial score (nSPS) is 10.7. The summed E-state index contributed by atoms with van der Waals surface area (Å²) >= 11 is 0. The van der Waals surface area contributed by atoms with Crippen LogP contribution in [0.2, 0.25) is 0 Å². The Bertz CT molecular complexity index is 1190. The van der Waals surface area contributed by atoms with Crippen molar-refractivity contribution in [3.05, 3.63) is 102 Å². The quantitative estimate of drug-likeness (QED) is 0.394. The first-order valence-electron chi connectivity index (χ1n) is 10.9. The van der Waals surface area contributed by atoms with Crippen LogP contribution in [0.1, 0.15) is 30.3 Å². The number of carbonyl (C=O) groups is 1. The highest BCUT2D eigenvalue weighted by molar-refractivity contribution is 5.76. The molecule has 0 spiro atoms. The van der Waals surface area contributed by atoms with E-state index >= 15 is 0 Å². The second-order valence-corrected chi connectivity index (χ2v) is 7.49. The number of ether oxygens (including phenoxy) is 1. The Kier molecular flexibility index (Phi) is 7.09. The first kappa shape index (κ1) is 22.2. The van der Waals surface area contributed by atoms with E-state index in [1.807, 2.05) is 55.5 Å². The third kappa shape index (κ3) is 5.63. The summed E-state index contributed by atoms with van der Waals surface area (Å²) in [4.78, 5) is 16.8. The molecule has 33 heavy (non-hydrogen) atoms. The Balaban J connectivity index is 1.58. The molecular weight excluding hydrogens is 419 g/mol. The largest absolute Gasteiger partial charge is 0.439 e. The van der Waals surface area contributed by atoms with E-state index in [0.717, 1.165) is 22.6 Å². The van der Waals surface area contributed by atoms with E-state index in [2.05, 4.69) is 10.3 Å². The van der Waals surface area contributed by atoms with Gasteiger partial charge in [0, 0.05) is 18.2 Å². The molecule has 0 saturated heterocycles. The molecular formula is C26H25FN4O2. The number of aromatic nitrogens is 3. The van der Waals surface area contributed by atoms with Crippen molar-refractivity contribution in [3.8, 4) is 17.3 Å². The molecule has 4 aromatic rings. The molecule has 2 heterocycles. The van der Waals surface area contributed by atoms with Gasteiger partial charge in [-0.15, -0.1) is 0 Å². The number of para-hydroxylation sites is 1. The van der Waals surface area contributed by atoms with Gasteiger partial charge >= 0.3 is 0 Å². The van der Waals surface area contributed by atoms with Gasteiger partial charge in [-0.2, -0.15) is 5.10 Å². The van der Waals surface area contributed by atoms with Gasteiger partial charge in [0.05, 0.1) is 23.6 Å². The Morgan fingerprint density at radius 2 is 1.79 bits per heavy atom. The topological polar surface area (TPSA) is 69.0 Å². The molecule has 7 heteroatoms. The van der Waals surface area contributed by atoms with Crippen molar-refractivity contribution < 1.29 is 13.9 Å². The average Bonchev–Trinajstić information content (AvgIpc) is 3.21. The summed E-state index contributed by atoms with van der Waals surface area (Å²) in [7, 11) is 0. The summed E-state index contributed by atoms with van der Waals surface area (Å²) in [6.07, 6.45) is 3.12. The number of hydrogen-bond acceptors (Lipinski definition) is 4. The maximum atomic E-state index is 13.4. The Morgan fingerprint density at radius 1 is 1.03 bits per heavy atom. The molecule has 0 saturated carbocycles. The van der Waals surface area contributed by atoms with Crippen molar-refractivity contribution in [1.29, 1.82) is 0 Å². The smallest absolute Gasteiger partial charge is 0.226 e. The fourth-order valence-corrected chi connectivity index (χ4v) is 3.50. The molecule has 0 aliphatic heterocycles. The van der Waals surface area contributed by atoms with Gasteiger partial charge in [-0.05, 0) is 61.4 Å². The van der Waals surface area contributed by atoms with Crippen LogP contribution in [-0.4, -0.2) is 20.7 Å². The molecule has 1 amide bonds. The van der Waals surface area contributed by atoms with Gasteiger partial charge in [0.25, 0.3) is 0 Å². The third-order valence-corrected chi connectivity index (χ3v) is 5.18. The van der Waals surface area contributed by atoms with Crippen molar-refractivity contribution in [2.24, 2.45) is 0 Å². The second kappa shape index (κ2) is 10.5. The van der Waals surface area contributed by atoms with E-state index < -0.39 is 0 Å². The fourth-order valence-electron chi connectivity index (χ4n) is 3.50. The molecule has 0 aliphatic rings.